The van der Waals surface area contributed by atoms with Gasteiger partial charge in [-0.3, -0.25) is 0 Å². The van der Waals surface area contributed by atoms with Gasteiger partial charge in [0.2, 0.25) is 0 Å². The molecule has 1 rings (SSSR count). The van der Waals surface area contributed by atoms with Crippen LogP contribution in [0.3, 0.4) is 0 Å². The number of carbonyl (C=O) groups is 1. The molecule has 0 aliphatic carbocycles. The van der Waals surface area contributed by atoms with Crippen molar-refractivity contribution in [1.29, 1.82) is 0 Å². The maximum Gasteiger partial charge on any atom is 0.410 e. The van der Waals surface area contributed by atoms with Crippen LogP contribution < -0.4 is 0 Å². The van der Waals surface area contributed by atoms with E-state index in [0.29, 0.717) is 23.5 Å². The number of aromatic nitrogens is 2. The van der Waals surface area contributed by atoms with E-state index in [-0.39, 0.29) is 6.09 Å². The van der Waals surface area contributed by atoms with Crippen LogP contribution in [0.4, 0.5) is 4.79 Å². The average molecular weight is 397 g/mol. The first-order chi connectivity index (χ1) is 8.73. The van der Waals surface area contributed by atoms with Crippen molar-refractivity contribution >= 4 is 38.0 Å². The van der Waals surface area contributed by atoms with Crippen LogP contribution in [0.25, 0.3) is 0 Å². The SMILES string of the molecule is CCCN(Cc1nc(Br)c(Br)[nH]1)C(=O)OC(C)(C)C. The van der Waals surface area contributed by atoms with Crippen LogP contribution in [0, 0.1) is 0 Å². The summed E-state index contributed by atoms with van der Waals surface area (Å²) in [5.74, 6) is 0.707. The summed E-state index contributed by atoms with van der Waals surface area (Å²) in [5, 5.41) is 0. The number of H-pyrrole nitrogens is 1. The standard InChI is InChI=1S/C12H19Br2N3O2/c1-5-6-17(11(18)19-12(2,3)4)7-8-15-9(13)10(14)16-8/h5-7H2,1-4H3,(H,15,16). The molecule has 5 nitrogen and oxygen atoms in total. The summed E-state index contributed by atoms with van der Waals surface area (Å²) in [6.07, 6.45) is 0.542. The molecule has 0 saturated heterocycles. The molecule has 19 heavy (non-hydrogen) atoms. The van der Waals surface area contributed by atoms with Gasteiger partial charge < -0.3 is 14.6 Å². The monoisotopic (exact) mass is 395 g/mol. The summed E-state index contributed by atoms with van der Waals surface area (Å²) in [5.41, 5.74) is -0.493. The Kier molecular flexibility index (Phi) is 5.85. The molecule has 0 aromatic carbocycles. The molecule has 0 unspecified atom stereocenters. The first kappa shape index (κ1) is 16.5. The van der Waals surface area contributed by atoms with Gasteiger partial charge in [-0.15, -0.1) is 0 Å². The third-order valence-electron chi connectivity index (χ3n) is 2.15. The number of hydrogen-bond donors (Lipinski definition) is 1. The number of ether oxygens (including phenoxy) is 1. The molecule has 7 heteroatoms. The quantitative estimate of drug-likeness (QED) is 0.833. The van der Waals surface area contributed by atoms with Crippen molar-refractivity contribution in [2.45, 2.75) is 46.3 Å². The number of amides is 1. The van der Waals surface area contributed by atoms with Crippen molar-refractivity contribution in [2.24, 2.45) is 0 Å². The summed E-state index contributed by atoms with van der Waals surface area (Å²) >= 11 is 6.64. The minimum atomic E-state index is -0.493. The maximum absolute atomic E-state index is 12.1. The molecule has 108 valence electrons. The van der Waals surface area contributed by atoms with Crippen molar-refractivity contribution in [3.05, 3.63) is 15.0 Å². The number of carbonyl (C=O) groups excluding carboxylic acids is 1. The largest absolute Gasteiger partial charge is 0.444 e. The van der Waals surface area contributed by atoms with Crippen molar-refractivity contribution < 1.29 is 9.53 Å². The van der Waals surface area contributed by atoms with Crippen molar-refractivity contribution in [1.82, 2.24) is 14.9 Å². The molecule has 0 bridgehead atoms. The number of imidazole rings is 1. The summed E-state index contributed by atoms with van der Waals surface area (Å²) in [6.45, 7) is 8.61. The van der Waals surface area contributed by atoms with Crippen molar-refractivity contribution in [2.75, 3.05) is 6.54 Å². The molecule has 0 aliphatic heterocycles. The Hall–Kier alpha value is -0.560. The Morgan fingerprint density at radius 1 is 1.42 bits per heavy atom. The molecular weight excluding hydrogens is 378 g/mol. The number of nitrogens with one attached hydrogen (secondary N) is 1. The van der Waals surface area contributed by atoms with Gasteiger partial charge in [0.25, 0.3) is 0 Å². The molecule has 1 aromatic rings. The van der Waals surface area contributed by atoms with Gasteiger partial charge in [-0.05, 0) is 59.1 Å². The number of nitrogens with zero attached hydrogens (tertiary/aromatic N) is 2. The highest BCUT2D eigenvalue weighted by Crippen LogP contribution is 2.20. The van der Waals surface area contributed by atoms with Crippen LogP contribution in [0.5, 0.6) is 0 Å². The predicted octanol–water partition coefficient (Wildman–Crippen LogP) is 4.08. The van der Waals surface area contributed by atoms with Gasteiger partial charge in [-0.1, -0.05) is 6.92 Å². The third kappa shape index (κ3) is 5.52. The van der Waals surface area contributed by atoms with Gasteiger partial charge in [0.15, 0.2) is 0 Å². The molecule has 1 aromatic heterocycles. The van der Waals surface area contributed by atoms with Crippen LogP contribution in [-0.4, -0.2) is 33.1 Å². The zero-order valence-electron chi connectivity index (χ0n) is 11.6. The van der Waals surface area contributed by atoms with E-state index in [1.165, 1.54) is 0 Å². The zero-order chi connectivity index (χ0) is 14.6. The Morgan fingerprint density at radius 2 is 2.05 bits per heavy atom. The lowest BCUT2D eigenvalue weighted by Crippen LogP contribution is -2.37. The van der Waals surface area contributed by atoms with E-state index >= 15 is 0 Å². The fourth-order valence-electron chi connectivity index (χ4n) is 1.46. The van der Waals surface area contributed by atoms with E-state index in [4.69, 9.17) is 4.74 Å². The Morgan fingerprint density at radius 3 is 2.47 bits per heavy atom. The van der Waals surface area contributed by atoms with Gasteiger partial charge in [0.05, 0.1) is 6.54 Å². The molecule has 0 radical (unpaired) electrons. The van der Waals surface area contributed by atoms with Crippen molar-refractivity contribution in [3.63, 3.8) is 0 Å². The van der Waals surface area contributed by atoms with E-state index in [9.17, 15) is 4.79 Å². The summed E-state index contributed by atoms with van der Waals surface area (Å²) in [6, 6.07) is 0. The first-order valence-corrected chi connectivity index (χ1v) is 7.69. The molecule has 1 N–H and O–H groups in total. The Balaban J connectivity index is 2.74. The number of aromatic amines is 1. The zero-order valence-corrected chi connectivity index (χ0v) is 14.8. The summed E-state index contributed by atoms with van der Waals surface area (Å²) < 4.78 is 6.85. The fraction of sp³-hybridized carbons (Fsp3) is 0.667. The highest BCUT2D eigenvalue weighted by molar-refractivity contribution is 9.13. The second-order valence-electron chi connectivity index (χ2n) is 5.19. The van der Waals surface area contributed by atoms with Crippen LogP contribution in [0.15, 0.2) is 9.21 Å². The Bertz CT molecular complexity index is 421. The molecule has 0 spiro atoms. The van der Waals surface area contributed by atoms with E-state index < -0.39 is 5.60 Å². The highest BCUT2D eigenvalue weighted by Gasteiger charge is 2.22. The molecule has 0 fully saturated rings. The summed E-state index contributed by atoms with van der Waals surface area (Å²) in [7, 11) is 0. The van der Waals surface area contributed by atoms with Crippen LogP contribution in [-0.2, 0) is 11.3 Å². The van der Waals surface area contributed by atoms with Crippen molar-refractivity contribution in [3.8, 4) is 0 Å². The van der Waals surface area contributed by atoms with Crippen LogP contribution in [0.1, 0.15) is 39.9 Å². The predicted molar refractivity (Wildman–Crippen MR) is 80.9 cm³/mol. The number of halogens is 2. The number of hydrogen-bond acceptors (Lipinski definition) is 3. The molecule has 0 aliphatic rings. The molecular formula is C12H19Br2N3O2. The van der Waals surface area contributed by atoms with E-state index in [2.05, 4.69) is 41.8 Å². The maximum atomic E-state index is 12.1. The molecule has 0 atom stereocenters. The molecule has 1 heterocycles. The lowest BCUT2D eigenvalue weighted by atomic mass is 10.2. The number of rotatable bonds is 4. The minimum absolute atomic E-state index is 0.321. The average Bonchev–Trinajstić information content (AvgIpc) is 2.55. The van der Waals surface area contributed by atoms with Gasteiger partial charge in [0.1, 0.15) is 20.6 Å². The second kappa shape index (κ2) is 6.74. The second-order valence-corrected chi connectivity index (χ2v) is 6.73. The lowest BCUT2D eigenvalue weighted by molar-refractivity contribution is 0.0229. The smallest absolute Gasteiger partial charge is 0.410 e. The van der Waals surface area contributed by atoms with E-state index in [0.717, 1.165) is 11.0 Å². The first-order valence-electron chi connectivity index (χ1n) is 6.10. The van der Waals surface area contributed by atoms with Gasteiger partial charge in [-0.2, -0.15) is 0 Å². The molecule has 0 saturated carbocycles. The van der Waals surface area contributed by atoms with Gasteiger partial charge >= 0.3 is 6.09 Å². The summed E-state index contributed by atoms with van der Waals surface area (Å²) in [4.78, 5) is 21.1. The van der Waals surface area contributed by atoms with Gasteiger partial charge in [-0.25, -0.2) is 9.78 Å². The van der Waals surface area contributed by atoms with E-state index in [1.807, 2.05) is 27.7 Å². The van der Waals surface area contributed by atoms with E-state index in [1.54, 1.807) is 4.90 Å². The molecule has 1 amide bonds. The van der Waals surface area contributed by atoms with Crippen LogP contribution in [0.2, 0.25) is 0 Å². The van der Waals surface area contributed by atoms with Crippen LogP contribution >= 0.6 is 31.9 Å². The topological polar surface area (TPSA) is 58.2 Å². The minimum Gasteiger partial charge on any atom is -0.444 e. The highest BCUT2D eigenvalue weighted by atomic mass is 79.9. The third-order valence-corrected chi connectivity index (χ3v) is 3.83. The fourth-order valence-corrected chi connectivity index (χ4v) is 2.09. The Labute approximate surface area is 130 Å². The lowest BCUT2D eigenvalue weighted by Gasteiger charge is -2.26. The van der Waals surface area contributed by atoms with Gasteiger partial charge in [0, 0.05) is 6.54 Å². The normalized spacial score (nSPS) is 11.5.